The van der Waals surface area contributed by atoms with Crippen LogP contribution < -0.4 is 0 Å². The van der Waals surface area contributed by atoms with E-state index < -0.39 is 0 Å². The summed E-state index contributed by atoms with van der Waals surface area (Å²) in [5.74, 6) is 0.730. The zero-order chi connectivity index (χ0) is 11.2. The van der Waals surface area contributed by atoms with Crippen molar-refractivity contribution >= 4 is 0 Å². The van der Waals surface area contributed by atoms with Gasteiger partial charge < -0.3 is 9.84 Å². The molecule has 0 amide bonds. The summed E-state index contributed by atoms with van der Waals surface area (Å²) in [6.45, 7) is 10.7. The molecule has 0 aliphatic carbocycles. The van der Waals surface area contributed by atoms with Crippen molar-refractivity contribution in [3.05, 3.63) is 12.8 Å². The lowest BCUT2D eigenvalue weighted by Crippen LogP contribution is -2.05. The number of ether oxygens (including phenoxy) is 1. The molecule has 0 aromatic heterocycles. The van der Waals surface area contributed by atoms with Crippen LogP contribution in [0.25, 0.3) is 0 Å². The Balaban J connectivity index is 0. The quantitative estimate of drug-likeness (QED) is 0.641. The van der Waals surface area contributed by atoms with E-state index in [-0.39, 0.29) is 6.61 Å². The molecule has 0 aliphatic heterocycles. The standard InChI is InChI=1S/C10H20O.C2H6O/c1-4-7-8-10(5-2)9-11-6-3;1-2-3/h6,10H,3-5,7-9H2,1-2H3;3H,2H2,1H3. The van der Waals surface area contributed by atoms with Crippen molar-refractivity contribution in [1.82, 2.24) is 0 Å². The fourth-order valence-electron chi connectivity index (χ4n) is 1.10. The molecule has 0 aromatic carbocycles. The van der Waals surface area contributed by atoms with Crippen molar-refractivity contribution in [3.8, 4) is 0 Å². The molecule has 0 saturated carbocycles. The molecule has 1 N–H and O–H groups in total. The molecule has 14 heavy (non-hydrogen) atoms. The average molecular weight is 202 g/mol. The number of rotatable bonds is 7. The summed E-state index contributed by atoms with van der Waals surface area (Å²) in [6, 6.07) is 0. The van der Waals surface area contributed by atoms with Gasteiger partial charge in [0.2, 0.25) is 0 Å². The van der Waals surface area contributed by atoms with Gasteiger partial charge in [-0.25, -0.2) is 0 Å². The minimum atomic E-state index is 0.250. The molecule has 86 valence electrons. The van der Waals surface area contributed by atoms with Crippen molar-refractivity contribution < 1.29 is 9.84 Å². The largest absolute Gasteiger partial charge is 0.502 e. The number of hydrogen-bond acceptors (Lipinski definition) is 2. The third-order valence-electron chi connectivity index (χ3n) is 1.99. The Morgan fingerprint density at radius 2 is 1.93 bits per heavy atom. The summed E-state index contributed by atoms with van der Waals surface area (Å²) in [4.78, 5) is 0. The predicted octanol–water partition coefficient (Wildman–Crippen LogP) is 3.36. The van der Waals surface area contributed by atoms with Gasteiger partial charge in [0.05, 0.1) is 12.9 Å². The van der Waals surface area contributed by atoms with Crippen LogP contribution in [0.5, 0.6) is 0 Å². The van der Waals surface area contributed by atoms with Crippen LogP contribution in [0.15, 0.2) is 12.8 Å². The molecule has 0 aromatic rings. The van der Waals surface area contributed by atoms with E-state index in [1.54, 1.807) is 6.92 Å². The van der Waals surface area contributed by atoms with E-state index in [1.807, 2.05) is 0 Å². The number of aliphatic hydroxyl groups excluding tert-OH is 1. The highest BCUT2D eigenvalue weighted by Crippen LogP contribution is 2.12. The maximum absolute atomic E-state index is 7.57. The summed E-state index contributed by atoms with van der Waals surface area (Å²) < 4.78 is 5.15. The molecule has 1 unspecified atom stereocenters. The topological polar surface area (TPSA) is 29.5 Å². The molecule has 0 saturated heterocycles. The van der Waals surface area contributed by atoms with Gasteiger partial charge in [-0.3, -0.25) is 0 Å². The van der Waals surface area contributed by atoms with Crippen molar-refractivity contribution in [2.45, 2.75) is 46.5 Å². The van der Waals surface area contributed by atoms with Gasteiger partial charge in [0.1, 0.15) is 0 Å². The first-order valence-electron chi connectivity index (χ1n) is 5.59. The monoisotopic (exact) mass is 202 g/mol. The minimum Gasteiger partial charge on any atom is -0.502 e. The number of unbranched alkanes of at least 4 members (excludes halogenated alkanes) is 1. The van der Waals surface area contributed by atoms with E-state index in [2.05, 4.69) is 20.4 Å². The van der Waals surface area contributed by atoms with Crippen LogP contribution in [0, 0.1) is 5.92 Å². The van der Waals surface area contributed by atoms with Crippen molar-refractivity contribution in [2.24, 2.45) is 5.92 Å². The van der Waals surface area contributed by atoms with E-state index in [9.17, 15) is 0 Å². The Morgan fingerprint density at radius 3 is 2.29 bits per heavy atom. The molecule has 0 bridgehead atoms. The molecular formula is C12H26O2. The van der Waals surface area contributed by atoms with Crippen LogP contribution >= 0.6 is 0 Å². The molecular weight excluding hydrogens is 176 g/mol. The molecule has 2 nitrogen and oxygen atoms in total. The Hall–Kier alpha value is -0.500. The smallest absolute Gasteiger partial charge is 0.0901 e. The molecule has 0 radical (unpaired) electrons. The van der Waals surface area contributed by atoms with Crippen LogP contribution in [0.1, 0.15) is 46.5 Å². The molecule has 0 spiro atoms. The van der Waals surface area contributed by atoms with Gasteiger partial charge in [0.25, 0.3) is 0 Å². The average Bonchev–Trinajstić information content (AvgIpc) is 2.20. The maximum atomic E-state index is 7.57. The Bertz CT molecular complexity index is 102. The second-order valence-electron chi connectivity index (χ2n) is 3.23. The first-order valence-corrected chi connectivity index (χ1v) is 5.59. The van der Waals surface area contributed by atoms with Crippen molar-refractivity contribution in [2.75, 3.05) is 13.2 Å². The lowest BCUT2D eigenvalue weighted by atomic mass is 10.0. The van der Waals surface area contributed by atoms with Gasteiger partial charge in [-0.05, 0) is 19.3 Å². The fraction of sp³-hybridized carbons (Fsp3) is 0.833. The van der Waals surface area contributed by atoms with E-state index >= 15 is 0 Å². The summed E-state index contributed by atoms with van der Waals surface area (Å²) in [7, 11) is 0. The molecule has 1 atom stereocenters. The Kier molecular flexibility index (Phi) is 17.1. The number of aliphatic hydroxyl groups is 1. The summed E-state index contributed by atoms with van der Waals surface area (Å²) in [6.07, 6.45) is 6.65. The van der Waals surface area contributed by atoms with Gasteiger partial charge in [0.15, 0.2) is 0 Å². The molecule has 0 heterocycles. The zero-order valence-corrected chi connectivity index (χ0v) is 9.96. The van der Waals surface area contributed by atoms with Gasteiger partial charge >= 0.3 is 0 Å². The van der Waals surface area contributed by atoms with Crippen LogP contribution in [-0.2, 0) is 4.74 Å². The molecule has 0 rings (SSSR count). The van der Waals surface area contributed by atoms with Gasteiger partial charge in [-0.2, -0.15) is 0 Å². The molecule has 0 aliphatic rings. The third-order valence-corrected chi connectivity index (χ3v) is 1.99. The minimum absolute atomic E-state index is 0.250. The Labute approximate surface area is 89.0 Å². The van der Waals surface area contributed by atoms with Crippen LogP contribution in [0.2, 0.25) is 0 Å². The zero-order valence-electron chi connectivity index (χ0n) is 9.96. The Morgan fingerprint density at radius 1 is 1.36 bits per heavy atom. The van der Waals surface area contributed by atoms with E-state index in [0.717, 1.165) is 12.5 Å². The first-order chi connectivity index (χ1) is 6.76. The predicted molar refractivity (Wildman–Crippen MR) is 62.2 cm³/mol. The third kappa shape index (κ3) is 14.0. The summed E-state index contributed by atoms with van der Waals surface area (Å²) in [5.41, 5.74) is 0. The second kappa shape index (κ2) is 15.0. The van der Waals surface area contributed by atoms with Crippen molar-refractivity contribution in [3.63, 3.8) is 0 Å². The highest BCUT2D eigenvalue weighted by atomic mass is 16.5. The van der Waals surface area contributed by atoms with E-state index in [0.29, 0.717) is 0 Å². The first kappa shape index (κ1) is 15.9. The van der Waals surface area contributed by atoms with Gasteiger partial charge in [0, 0.05) is 6.61 Å². The summed E-state index contributed by atoms with van der Waals surface area (Å²) >= 11 is 0. The maximum Gasteiger partial charge on any atom is 0.0901 e. The van der Waals surface area contributed by atoms with E-state index in [1.165, 1.54) is 31.9 Å². The van der Waals surface area contributed by atoms with Crippen LogP contribution in [0.4, 0.5) is 0 Å². The SMILES string of the molecule is C=COCC(CC)CCCC.CCO. The van der Waals surface area contributed by atoms with Crippen LogP contribution in [-0.4, -0.2) is 18.3 Å². The van der Waals surface area contributed by atoms with Gasteiger partial charge in [-0.15, -0.1) is 0 Å². The highest BCUT2D eigenvalue weighted by Gasteiger charge is 2.04. The fourth-order valence-corrected chi connectivity index (χ4v) is 1.10. The van der Waals surface area contributed by atoms with Crippen LogP contribution in [0.3, 0.4) is 0 Å². The lowest BCUT2D eigenvalue weighted by Gasteiger charge is -2.12. The summed E-state index contributed by atoms with van der Waals surface area (Å²) in [5, 5.41) is 7.57. The number of hydrogen-bond donors (Lipinski definition) is 1. The lowest BCUT2D eigenvalue weighted by molar-refractivity contribution is 0.184. The normalized spacial score (nSPS) is 11.1. The van der Waals surface area contributed by atoms with Crippen molar-refractivity contribution in [1.29, 1.82) is 0 Å². The highest BCUT2D eigenvalue weighted by molar-refractivity contribution is 4.58. The molecule has 2 heteroatoms. The molecule has 0 fully saturated rings. The van der Waals surface area contributed by atoms with Gasteiger partial charge in [-0.1, -0.05) is 39.7 Å². The van der Waals surface area contributed by atoms with E-state index in [4.69, 9.17) is 9.84 Å². The second-order valence-corrected chi connectivity index (χ2v) is 3.23.